The van der Waals surface area contributed by atoms with Gasteiger partial charge in [-0.05, 0) is 38.0 Å². The summed E-state index contributed by atoms with van der Waals surface area (Å²) < 4.78 is 10.9. The van der Waals surface area contributed by atoms with Crippen LogP contribution in [0.25, 0.3) is 0 Å². The number of piperidine rings is 1. The monoisotopic (exact) mass is 367 g/mol. The summed E-state index contributed by atoms with van der Waals surface area (Å²) in [5, 5.41) is 0. The third-order valence-electron chi connectivity index (χ3n) is 4.71. The molecule has 0 unspecified atom stereocenters. The normalized spacial score (nSPS) is 16.6. The Balaban J connectivity index is 1.70. The standard InChI is InChI=1S/C22H25NO4/c1-2-26-22(25)17-10-8-14-23(15-17)21(24)20-13-7-6-9-18(20)16-27-19-11-4-3-5-12-19/h3-7,9,11-13,17H,2,8,10,14-16H2,1H3/t17-/m0/s1. The fourth-order valence-electron chi connectivity index (χ4n) is 3.32. The van der Waals surface area contributed by atoms with Crippen molar-refractivity contribution in [1.82, 2.24) is 4.90 Å². The maximum Gasteiger partial charge on any atom is 0.310 e. The first-order valence-electron chi connectivity index (χ1n) is 9.40. The smallest absolute Gasteiger partial charge is 0.310 e. The molecule has 1 atom stereocenters. The number of esters is 1. The number of carbonyl (C=O) groups excluding carboxylic acids is 2. The van der Waals surface area contributed by atoms with E-state index in [1.165, 1.54) is 0 Å². The van der Waals surface area contributed by atoms with E-state index in [2.05, 4.69) is 0 Å². The number of hydrogen-bond donors (Lipinski definition) is 0. The summed E-state index contributed by atoms with van der Waals surface area (Å²) in [6.07, 6.45) is 1.57. The van der Waals surface area contributed by atoms with E-state index < -0.39 is 0 Å². The molecule has 3 rings (SSSR count). The molecule has 0 aliphatic carbocycles. The quantitative estimate of drug-likeness (QED) is 0.731. The van der Waals surface area contributed by atoms with Gasteiger partial charge in [0.25, 0.3) is 5.91 Å². The molecule has 1 aliphatic rings. The Morgan fingerprint density at radius 2 is 1.81 bits per heavy atom. The van der Waals surface area contributed by atoms with E-state index >= 15 is 0 Å². The molecule has 0 spiro atoms. The molecule has 1 aliphatic heterocycles. The molecule has 1 amide bonds. The molecule has 0 aromatic heterocycles. The Morgan fingerprint density at radius 1 is 1.07 bits per heavy atom. The van der Waals surface area contributed by atoms with Crippen LogP contribution in [0.5, 0.6) is 5.75 Å². The number of hydrogen-bond acceptors (Lipinski definition) is 4. The molecule has 2 aromatic carbocycles. The van der Waals surface area contributed by atoms with Gasteiger partial charge < -0.3 is 14.4 Å². The largest absolute Gasteiger partial charge is 0.489 e. The number of ether oxygens (including phenoxy) is 2. The van der Waals surface area contributed by atoms with Crippen LogP contribution < -0.4 is 4.74 Å². The summed E-state index contributed by atoms with van der Waals surface area (Å²) >= 11 is 0. The Hall–Kier alpha value is -2.82. The highest BCUT2D eigenvalue weighted by atomic mass is 16.5. The molecule has 0 N–H and O–H groups in total. The van der Waals surface area contributed by atoms with Gasteiger partial charge in [0.05, 0.1) is 12.5 Å². The van der Waals surface area contributed by atoms with Crippen molar-refractivity contribution in [3.05, 3.63) is 65.7 Å². The molecule has 0 radical (unpaired) electrons. The van der Waals surface area contributed by atoms with Crippen molar-refractivity contribution in [2.75, 3.05) is 19.7 Å². The maximum absolute atomic E-state index is 13.1. The Kier molecular flexibility index (Phi) is 6.47. The van der Waals surface area contributed by atoms with Crippen LogP contribution in [0.15, 0.2) is 54.6 Å². The van der Waals surface area contributed by atoms with Crippen LogP contribution >= 0.6 is 0 Å². The molecule has 0 saturated carbocycles. The van der Waals surface area contributed by atoms with Crippen LogP contribution in [0.1, 0.15) is 35.7 Å². The zero-order chi connectivity index (χ0) is 19.1. The molecule has 5 nitrogen and oxygen atoms in total. The number of para-hydroxylation sites is 1. The number of rotatable bonds is 6. The molecule has 2 aromatic rings. The average molecular weight is 367 g/mol. The van der Waals surface area contributed by atoms with Crippen LogP contribution in [0, 0.1) is 5.92 Å². The van der Waals surface area contributed by atoms with Crippen LogP contribution in [-0.2, 0) is 16.1 Å². The molecule has 5 heteroatoms. The summed E-state index contributed by atoms with van der Waals surface area (Å²) in [6, 6.07) is 17.0. The Labute approximate surface area is 159 Å². The fraction of sp³-hybridized carbons (Fsp3) is 0.364. The second-order valence-electron chi connectivity index (χ2n) is 6.60. The lowest BCUT2D eigenvalue weighted by Crippen LogP contribution is -2.43. The highest BCUT2D eigenvalue weighted by Crippen LogP contribution is 2.22. The first kappa shape index (κ1) is 19.0. The predicted octanol–water partition coefficient (Wildman–Crippen LogP) is 3.68. The SMILES string of the molecule is CCOC(=O)[C@H]1CCCN(C(=O)c2ccccc2COc2ccccc2)C1. The molecule has 1 saturated heterocycles. The second kappa shape index (κ2) is 9.21. The van der Waals surface area contributed by atoms with E-state index in [1.54, 1.807) is 11.8 Å². The lowest BCUT2D eigenvalue weighted by atomic mass is 9.97. The number of nitrogens with zero attached hydrogens (tertiary/aromatic N) is 1. The Morgan fingerprint density at radius 3 is 2.59 bits per heavy atom. The van der Waals surface area contributed by atoms with Crippen LogP contribution in [-0.4, -0.2) is 36.5 Å². The van der Waals surface area contributed by atoms with Gasteiger partial charge in [-0.25, -0.2) is 0 Å². The van der Waals surface area contributed by atoms with Crippen LogP contribution in [0.4, 0.5) is 0 Å². The second-order valence-corrected chi connectivity index (χ2v) is 6.60. The van der Waals surface area contributed by atoms with Crippen molar-refractivity contribution < 1.29 is 19.1 Å². The molecule has 142 valence electrons. The third kappa shape index (κ3) is 4.88. The van der Waals surface area contributed by atoms with Gasteiger partial charge in [-0.2, -0.15) is 0 Å². The summed E-state index contributed by atoms with van der Waals surface area (Å²) in [6.45, 7) is 3.55. The van der Waals surface area contributed by atoms with Crippen LogP contribution in [0.2, 0.25) is 0 Å². The maximum atomic E-state index is 13.1. The lowest BCUT2D eigenvalue weighted by Gasteiger charge is -2.32. The van der Waals surface area contributed by atoms with E-state index in [9.17, 15) is 9.59 Å². The van der Waals surface area contributed by atoms with Crippen LogP contribution in [0.3, 0.4) is 0 Å². The zero-order valence-electron chi connectivity index (χ0n) is 15.6. The van der Waals surface area contributed by atoms with Gasteiger partial charge in [0.2, 0.25) is 0 Å². The molecule has 1 heterocycles. The molecular formula is C22H25NO4. The minimum Gasteiger partial charge on any atom is -0.489 e. The summed E-state index contributed by atoms with van der Waals surface area (Å²) in [5.41, 5.74) is 1.46. The van der Waals surface area contributed by atoms with E-state index in [-0.39, 0.29) is 17.8 Å². The molecular weight excluding hydrogens is 342 g/mol. The molecule has 0 bridgehead atoms. The van der Waals surface area contributed by atoms with Gasteiger partial charge in [-0.1, -0.05) is 36.4 Å². The number of carbonyl (C=O) groups is 2. The first-order valence-corrected chi connectivity index (χ1v) is 9.40. The van der Waals surface area contributed by atoms with Crippen molar-refractivity contribution in [3.8, 4) is 5.75 Å². The van der Waals surface area contributed by atoms with Gasteiger partial charge in [0, 0.05) is 24.2 Å². The van der Waals surface area contributed by atoms with E-state index in [0.717, 1.165) is 24.2 Å². The fourth-order valence-corrected chi connectivity index (χ4v) is 3.32. The highest BCUT2D eigenvalue weighted by Gasteiger charge is 2.30. The van der Waals surface area contributed by atoms with Crippen molar-refractivity contribution >= 4 is 11.9 Å². The van der Waals surface area contributed by atoms with Crippen molar-refractivity contribution in [2.45, 2.75) is 26.4 Å². The minimum atomic E-state index is -0.240. The average Bonchev–Trinajstić information content (AvgIpc) is 2.73. The Bertz CT molecular complexity index is 775. The van der Waals surface area contributed by atoms with Gasteiger partial charge >= 0.3 is 5.97 Å². The predicted molar refractivity (Wildman–Crippen MR) is 102 cm³/mol. The number of benzene rings is 2. The van der Waals surface area contributed by atoms with Gasteiger partial charge in [-0.15, -0.1) is 0 Å². The lowest BCUT2D eigenvalue weighted by molar-refractivity contribution is -0.149. The third-order valence-corrected chi connectivity index (χ3v) is 4.71. The van der Waals surface area contributed by atoms with E-state index in [1.807, 2.05) is 54.6 Å². The van der Waals surface area contributed by atoms with E-state index in [4.69, 9.17) is 9.47 Å². The number of likely N-dealkylation sites (tertiary alicyclic amines) is 1. The topological polar surface area (TPSA) is 55.8 Å². The summed E-state index contributed by atoms with van der Waals surface area (Å²) in [7, 11) is 0. The summed E-state index contributed by atoms with van der Waals surface area (Å²) in [4.78, 5) is 26.9. The minimum absolute atomic E-state index is 0.0590. The summed E-state index contributed by atoms with van der Waals surface area (Å²) in [5.74, 6) is 0.252. The van der Waals surface area contributed by atoms with Crippen molar-refractivity contribution in [2.24, 2.45) is 5.92 Å². The van der Waals surface area contributed by atoms with Gasteiger partial charge in [0.15, 0.2) is 0 Å². The first-order chi connectivity index (χ1) is 13.2. The van der Waals surface area contributed by atoms with E-state index in [0.29, 0.717) is 31.9 Å². The van der Waals surface area contributed by atoms with Crippen molar-refractivity contribution in [3.63, 3.8) is 0 Å². The number of amides is 1. The van der Waals surface area contributed by atoms with Gasteiger partial charge in [0.1, 0.15) is 12.4 Å². The zero-order valence-corrected chi connectivity index (χ0v) is 15.6. The van der Waals surface area contributed by atoms with Crippen molar-refractivity contribution in [1.29, 1.82) is 0 Å². The van der Waals surface area contributed by atoms with Gasteiger partial charge in [-0.3, -0.25) is 9.59 Å². The molecule has 1 fully saturated rings. The highest BCUT2D eigenvalue weighted by molar-refractivity contribution is 5.96. The molecule has 27 heavy (non-hydrogen) atoms.